The summed E-state index contributed by atoms with van der Waals surface area (Å²) < 4.78 is 0. The molecule has 0 aromatic carbocycles. The maximum atomic E-state index is 2.41. The molecule has 232 valence electrons. The highest BCUT2D eigenvalue weighted by Gasteiger charge is 2.03. The minimum atomic E-state index is 0. The van der Waals surface area contributed by atoms with Crippen LogP contribution in [-0.4, -0.2) is 100 Å². The van der Waals surface area contributed by atoms with E-state index in [0.717, 1.165) is 6.54 Å². The van der Waals surface area contributed by atoms with Gasteiger partial charge in [0.1, 0.15) is 0 Å². The molecule has 0 aliphatic carbocycles. The van der Waals surface area contributed by atoms with Crippen LogP contribution in [0.25, 0.3) is 0 Å². The molecule has 4 nitrogen and oxygen atoms in total. The highest BCUT2D eigenvalue weighted by Crippen LogP contribution is 2.10. The molecule has 0 saturated heterocycles. The molecule has 0 radical (unpaired) electrons. The van der Waals surface area contributed by atoms with E-state index >= 15 is 0 Å². The zero-order valence-electron chi connectivity index (χ0n) is 25.4. The van der Waals surface area contributed by atoms with E-state index in [0.29, 0.717) is 0 Å². The van der Waals surface area contributed by atoms with Crippen molar-refractivity contribution in [3.05, 3.63) is 46.6 Å². The monoisotopic (exact) mass is 549 g/mol. The average molecular weight is 549 g/mol. The maximum absolute atomic E-state index is 2.41. The maximum Gasteiger partial charge on any atom is 0.0162 e. The van der Waals surface area contributed by atoms with E-state index < -0.39 is 0 Å². The van der Waals surface area contributed by atoms with Crippen molar-refractivity contribution in [2.75, 3.05) is 80.5 Å². The molecule has 0 aromatic heterocycles. The zero-order chi connectivity index (χ0) is 26.8. The molecule has 4 heteroatoms. The summed E-state index contributed by atoms with van der Waals surface area (Å²) >= 11 is 0. The van der Waals surface area contributed by atoms with Gasteiger partial charge in [0.15, 0.2) is 0 Å². The highest BCUT2D eigenvalue weighted by atomic mass is 15.1. The predicted molar refractivity (Wildman–Crippen MR) is 182 cm³/mol. The molecular formula is C35H72N4. The molecule has 0 atom stereocenters. The molecule has 4 heterocycles. The summed E-state index contributed by atoms with van der Waals surface area (Å²) in [5.41, 5.74) is 6.23. The van der Waals surface area contributed by atoms with Gasteiger partial charge in [-0.15, -0.1) is 0 Å². The van der Waals surface area contributed by atoms with Crippen LogP contribution in [0, 0.1) is 0 Å². The number of hydrogen-bond acceptors (Lipinski definition) is 4. The molecule has 0 saturated carbocycles. The lowest BCUT2D eigenvalue weighted by Crippen LogP contribution is -2.23. The smallest absolute Gasteiger partial charge is 0.0162 e. The van der Waals surface area contributed by atoms with Gasteiger partial charge in [0.05, 0.1) is 0 Å². The molecule has 39 heavy (non-hydrogen) atoms. The van der Waals surface area contributed by atoms with Crippen molar-refractivity contribution in [2.45, 2.75) is 101 Å². The van der Waals surface area contributed by atoms with Crippen molar-refractivity contribution in [3.8, 4) is 0 Å². The van der Waals surface area contributed by atoms with Crippen LogP contribution in [-0.2, 0) is 0 Å². The first-order valence-corrected chi connectivity index (χ1v) is 14.5. The van der Waals surface area contributed by atoms with E-state index in [4.69, 9.17) is 0 Å². The van der Waals surface area contributed by atoms with E-state index in [1.54, 1.807) is 22.3 Å². The predicted octanol–water partition coefficient (Wildman–Crippen LogP) is 8.54. The molecule has 0 bridgehead atoms. The molecule has 0 unspecified atom stereocenters. The van der Waals surface area contributed by atoms with Gasteiger partial charge in [0, 0.05) is 45.8 Å². The Kier molecular flexibility index (Phi) is 27.9. The Morgan fingerprint density at radius 1 is 0.410 bits per heavy atom. The quantitative estimate of drug-likeness (QED) is 0.281. The standard InChI is InChI=1S/C9H17N.2C8H15N.C7H13N.3CH4/c1-9-5-3-7-10(2)8-4-6-9;2*1-8-4-3-6-9(2)7-5-8;1-7-3-5-8(2)6-4-7;;;/h5H,3-4,6-8H2,1-2H3;2*4H,3,5-7H2,1-2H3;3H,4-6H2,1-2H3;3*1H4/b9-5-;;;;;;. The molecular weight excluding hydrogens is 476 g/mol. The summed E-state index contributed by atoms with van der Waals surface area (Å²) in [6.07, 6.45) is 19.5. The summed E-state index contributed by atoms with van der Waals surface area (Å²) in [6, 6.07) is 0. The van der Waals surface area contributed by atoms with Crippen LogP contribution >= 0.6 is 0 Å². The van der Waals surface area contributed by atoms with Crippen LogP contribution in [0.15, 0.2) is 46.6 Å². The van der Waals surface area contributed by atoms with Gasteiger partial charge in [-0.1, -0.05) is 68.9 Å². The Hall–Kier alpha value is -1.20. The zero-order valence-corrected chi connectivity index (χ0v) is 25.4. The van der Waals surface area contributed by atoms with Gasteiger partial charge in [0.25, 0.3) is 0 Å². The van der Waals surface area contributed by atoms with Crippen LogP contribution in [0.1, 0.15) is 101 Å². The minimum absolute atomic E-state index is 0. The SMILES string of the molecule is C.C.C.C/C1=C/CCN(C)CCC1.CC1=CCCN(C)CC1.CC1=CCCN(C)CC1.CC1=CCN(C)CC1. The Bertz CT molecular complexity index is 673. The average Bonchev–Trinajstić information content (AvgIpc) is 3.14. The molecule has 0 amide bonds. The van der Waals surface area contributed by atoms with Gasteiger partial charge in [-0.25, -0.2) is 0 Å². The van der Waals surface area contributed by atoms with Crippen molar-refractivity contribution in [1.82, 2.24) is 19.6 Å². The molecule has 0 N–H and O–H groups in total. The molecule has 4 aliphatic rings. The van der Waals surface area contributed by atoms with Gasteiger partial charge in [-0.05, 0) is 114 Å². The largest absolute Gasteiger partial charge is 0.306 e. The van der Waals surface area contributed by atoms with Gasteiger partial charge in [0.2, 0.25) is 0 Å². The van der Waals surface area contributed by atoms with Crippen LogP contribution in [0.3, 0.4) is 0 Å². The van der Waals surface area contributed by atoms with E-state index in [1.165, 1.54) is 97.2 Å². The number of rotatable bonds is 0. The summed E-state index contributed by atoms with van der Waals surface area (Å²) in [7, 11) is 8.73. The number of hydrogen-bond donors (Lipinski definition) is 0. The van der Waals surface area contributed by atoms with E-state index in [9.17, 15) is 0 Å². The lowest BCUT2D eigenvalue weighted by Gasteiger charge is -2.19. The number of likely N-dealkylation sites (N-methyl/N-ethyl adjacent to an activating group) is 1. The van der Waals surface area contributed by atoms with E-state index in [1.807, 2.05) is 0 Å². The Morgan fingerprint density at radius 3 is 1.13 bits per heavy atom. The van der Waals surface area contributed by atoms with Crippen molar-refractivity contribution in [1.29, 1.82) is 0 Å². The fraction of sp³-hybridized carbons (Fsp3) is 0.771. The third-order valence-electron chi connectivity index (χ3n) is 7.54. The second-order valence-corrected chi connectivity index (χ2v) is 11.6. The fourth-order valence-corrected chi connectivity index (χ4v) is 4.47. The topological polar surface area (TPSA) is 13.0 Å². The summed E-state index contributed by atoms with van der Waals surface area (Å²) in [5.74, 6) is 0. The van der Waals surface area contributed by atoms with Gasteiger partial charge in [-0.3, -0.25) is 0 Å². The Morgan fingerprint density at radius 2 is 0.744 bits per heavy atom. The molecule has 0 aromatic rings. The van der Waals surface area contributed by atoms with Crippen molar-refractivity contribution in [2.24, 2.45) is 0 Å². The minimum Gasteiger partial charge on any atom is -0.306 e. The Balaban J connectivity index is -0.000000433. The third kappa shape index (κ3) is 24.3. The third-order valence-corrected chi connectivity index (χ3v) is 7.54. The van der Waals surface area contributed by atoms with Crippen molar-refractivity contribution >= 4 is 0 Å². The molecule has 0 spiro atoms. The second kappa shape index (κ2) is 25.7. The normalized spacial score (nSPS) is 22.7. The first-order valence-electron chi connectivity index (χ1n) is 14.5. The van der Waals surface area contributed by atoms with Crippen LogP contribution < -0.4 is 0 Å². The first kappa shape index (κ1) is 42.3. The van der Waals surface area contributed by atoms with Gasteiger partial charge < -0.3 is 19.6 Å². The summed E-state index contributed by atoms with van der Waals surface area (Å²) in [4.78, 5) is 9.50. The van der Waals surface area contributed by atoms with Gasteiger partial charge in [-0.2, -0.15) is 0 Å². The van der Waals surface area contributed by atoms with Crippen LogP contribution in [0.5, 0.6) is 0 Å². The first-order chi connectivity index (χ1) is 17.2. The van der Waals surface area contributed by atoms with Crippen molar-refractivity contribution < 1.29 is 0 Å². The van der Waals surface area contributed by atoms with Crippen LogP contribution in [0.4, 0.5) is 0 Å². The molecule has 0 fully saturated rings. The summed E-state index contributed by atoms with van der Waals surface area (Å²) in [6.45, 7) is 18.7. The molecule has 4 rings (SSSR count). The Labute approximate surface area is 247 Å². The lowest BCUT2D eigenvalue weighted by atomic mass is 10.1. The highest BCUT2D eigenvalue weighted by molar-refractivity contribution is 5.03. The van der Waals surface area contributed by atoms with Crippen molar-refractivity contribution in [3.63, 3.8) is 0 Å². The lowest BCUT2D eigenvalue weighted by molar-refractivity contribution is 0.331. The summed E-state index contributed by atoms with van der Waals surface area (Å²) in [5, 5.41) is 0. The number of nitrogens with zero attached hydrogens (tertiary/aromatic N) is 4. The van der Waals surface area contributed by atoms with Gasteiger partial charge >= 0.3 is 0 Å². The molecule has 4 aliphatic heterocycles. The fourth-order valence-electron chi connectivity index (χ4n) is 4.47. The second-order valence-electron chi connectivity index (χ2n) is 11.6. The van der Waals surface area contributed by atoms with E-state index in [-0.39, 0.29) is 22.3 Å². The van der Waals surface area contributed by atoms with E-state index in [2.05, 4.69) is 99.8 Å². The van der Waals surface area contributed by atoms with Crippen LogP contribution in [0.2, 0.25) is 0 Å². The number of allylic oxidation sites excluding steroid dienone is 1.